The molecule has 0 saturated carbocycles. The van der Waals surface area contributed by atoms with Crippen molar-refractivity contribution in [2.45, 2.75) is 30.8 Å². The molecule has 2 atom stereocenters. The third-order valence-electron chi connectivity index (χ3n) is 7.80. The predicted octanol–water partition coefficient (Wildman–Crippen LogP) is 4.57. The van der Waals surface area contributed by atoms with Crippen LogP contribution in [-0.4, -0.2) is 62.0 Å². The molecule has 0 aromatic heterocycles. The zero-order valence-corrected chi connectivity index (χ0v) is 23.1. The van der Waals surface area contributed by atoms with Crippen LogP contribution in [0.3, 0.4) is 0 Å². The molecule has 0 spiro atoms. The minimum Gasteiger partial charge on any atom is -0.350 e. The standard InChI is InChI=1S/C34H38N4O2/c1-35-20-18-32-34(40)38(24-31(26-11-4-2-5-12-26)27-13-6-3-7-14-27)21-19-30(37-32)23-36-33(39)29-17-16-25-10-8-9-15-28(25)22-29/h2-17,22,30-32,35,37H,18-21,23-24H2,1H3,(H,36,39). The second-order valence-electron chi connectivity index (χ2n) is 10.5. The van der Waals surface area contributed by atoms with Crippen molar-refractivity contribution < 1.29 is 9.59 Å². The third kappa shape index (κ3) is 6.76. The first-order valence-electron chi connectivity index (χ1n) is 14.2. The summed E-state index contributed by atoms with van der Waals surface area (Å²) in [5.74, 6) is 0.107. The van der Waals surface area contributed by atoms with E-state index >= 15 is 0 Å². The molecule has 206 valence electrons. The average Bonchev–Trinajstić information content (AvgIpc) is 3.16. The lowest BCUT2D eigenvalue weighted by atomic mass is 9.90. The number of nitrogens with zero attached hydrogens (tertiary/aromatic N) is 1. The van der Waals surface area contributed by atoms with E-state index in [0.29, 0.717) is 31.6 Å². The van der Waals surface area contributed by atoms with Crippen LogP contribution < -0.4 is 16.0 Å². The maximum Gasteiger partial charge on any atom is 0.251 e. The van der Waals surface area contributed by atoms with Crippen molar-refractivity contribution in [1.82, 2.24) is 20.9 Å². The quantitative estimate of drug-likeness (QED) is 0.279. The molecule has 6 heteroatoms. The molecular formula is C34H38N4O2. The Hall–Kier alpha value is -4.00. The van der Waals surface area contributed by atoms with Crippen LogP contribution >= 0.6 is 0 Å². The molecule has 40 heavy (non-hydrogen) atoms. The molecular weight excluding hydrogens is 496 g/mol. The van der Waals surface area contributed by atoms with E-state index in [1.807, 2.05) is 66.5 Å². The minimum atomic E-state index is -0.315. The van der Waals surface area contributed by atoms with E-state index < -0.39 is 0 Å². The molecule has 5 rings (SSSR count). The molecule has 1 heterocycles. The van der Waals surface area contributed by atoms with E-state index in [9.17, 15) is 9.59 Å². The monoisotopic (exact) mass is 534 g/mol. The molecule has 0 bridgehead atoms. The van der Waals surface area contributed by atoms with Gasteiger partial charge >= 0.3 is 0 Å². The molecule has 2 unspecified atom stereocenters. The summed E-state index contributed by atoms with van der Waals surface area (Å²) in [7, 11) is 1.90. The van der Waals surface area contributed by atoms with Crippen molar-refractivity contribution in [2.75, 3.05) is 33.2 Å². The lowest BCUT2D eigenvalue weighted by Gasteiger charge is -2.29. The molecule has 4 aromatic carbocycles. The van der Waals surface area contributed by atoms with E-state index in [1.54, 1.807) is 0 Å². The van der Waals surface area contributed by atoms with Gasteiger partial charge in [-0.05, 0) is 60.5 Å². The van der Waals surface area contributed by atoms with Crippen LogP contribution in [0.4, 0.5) is 0 Å². The predicted molar refractivity (Wildman–Crippen MR) is 161 cm³/mol. The van der Waals surface area contributed by atoms with Crippen molar-refractivity contribution in [1.29, 1.82) is 0 Å². The fraction of sp³-hybridized carbons (Fsp3) is 0.294. The van der Waals surface area contributed by atoms with Gasteiger partial charge in [-0.1, -0.05) is 91.0 Å². The lowest BCUT2D eigenvalue weighted by molar-refractivity contribution is -0.133. The molecule has 1 aliphatic rings. The van der Waals surface area contributed by atoms with Crippen LogP contribution in [0.2, 0.25) is 0 Å². The molecule has 4 aromatic rings. The van der Waals surface area contributed by atoms with Crippen LogP contribution in [0.15, 0.2) is 103 Å². The highest BCUT2D eigenvalue weighted by Gasteiger charge is 2.32. The van der Waals surface area contributed by atoms with Gasteiger partial charge < -0.3 is 20.9 Å². The number of rotatable bonds is 10. The summed E-state index contributed by atoms with van der Waals surface area (Å²) in [6, 6.07) is 34.3. The van der Waals surface area contributed by atoms with Gasteiger partial charge in [0.2, 0.25) is 5.91 Å². The first-order valence-corrected chi connectivity index (χ1v) is 14.2. The number of benzene rings is 4. The maximum atomic E-state index is 13.8. The largest absolute Gasteiger partial charge is 0.350 e. The average molecular weight is 535 g/mol. The van der Waals surface area contributed by atoms with Gasteiger partial charge in [0.1, 0.15) is 0 Å². The topological polar surface area (TPSA) is 73.5 Å². The number of hydrogen-bond acceptors (Lipinski definition) is 4. The Morgan fingerprint density at radius 3 is 2.23 bits per heavy atom. The van der Waals surface area contributed by atoms with Crippen molar-refractivity contribution in [2.24, 2.45) is 0 Å². The summed E-state index contributed by atoms with van der Waals surface area (Å²) in [5.41, 5.74) is 3.04. The Morgan fingerprint density at radius 1 is 0.900 bits per heavy atom. The summed E-state index contributed by atoms with van der Waals surface area (Å²) in [6.07, 6.45) is 1.44. The molecule has 1 aliphatic heterocycles. The summed E-state index contributed by atoms with van der Waals surface area (Å²) in [5, 5.41) is 12.0. The lowest BCUT2D eigenvalue weighted by Crippen LogP contribution is -2.50. The number of carbonyl (C=O) groups excluding carboxylic acids is 2. The Labute approximate surface area is 236 Å². The van der Waals surface area contributed by atoms with Crippen LogP contribution in [0.1, 0.15) is 40.2 Å². The Balaban J connectivity index is 1.30. The second-order valence-corrected chi connectivity index (χ2v) is 10.5. The summed E-state index contributed by atoms with van der Waals surface area (Å²) < 4.78 is 0. The van der Waals surface area contributed by atoms with Gasteiger partial charge in [-0.15, -0.1) is 0 Å². The number of hydrogen-bond donors (Lipinski definition) is 3. The normalized spacial score (nSPS) is 17.6. The van der Waals surface area contributed by atoms with Crippen molar-refractivity contribution >= 4 is 22.6 Å². The smallest absolute Gasteiger partial charge is 0.251 e. The highest BCUT2D eigenvalue weighted by atomic mass is 16.2. The minimum absolute atomic E-state index is 0.00730. The third-order valence-corrected chi connectivity index (χ3v) is 7.80. The van der Waals surface area contributed by atoms with Gasteiger partial charge in [0.25, 0.3) is 5.91 Å². The molecule has 6 nitrogen and oxygen atoms in total. The van der Waals surface area contributed by atoms with Gasteiger partial charge in [0, 0.05) is 37.2 Å². The van der Waals surface area contributed by atoms with Crippen LogP contribution in [0.5, 0.6) is 0 Å². The molecule has 2 amide bonds. The van der Waals surface area contributed by atoms with Gasteiger partial charge in [0.15, 0.2) is 0 Å². The zero-order valence-electron chi connectivity index (χ0n) is 23.1. The summed E-state index contributed by atoms with van der Waals surface area (Å²) in [4.78, 5) is 28.9. The van der Waals surface area contributed by atoms with E-state index in [0.717, 1.165) is 23.7 Å². The molecule has 0 aliphatic carbocycles. The molecule has 3 N–H and O–H groups in total. The van der Waals surface area contributed by atoms with Gasteiger partial charge in [-0.3, -0.25) is 9.59 Å². The number of carbonyl (C=O) groups is 2. The van der Waals surface area contributed by atoms with Crippen molar-refractivity contribution in [3.05, 3.63) is 120 Å². The van der Waals surface area contributed by atoms with Crippen LogP contribution in [0.25, 0.3) is 10.8 Å². The number of fused-ring (bicyclic) bond motifs is 1. The van der Waals surface area contributed by atoms with Gasteiger partial charge in [0.05, 0.1) is 6.04 Å². The van der Waals surface area contributed by atoms with Crippen molar-refractivity contribution in [3.63, 3.8) is 0 Å². The van der Waals surface area contributed by atoms with E-state index in [2.05, 4.69) is 64.5 Å². The van der Waals surface area contributed by atoms with Gasteiger partial charge in [-0.2, -0.15) is 0 Å². The molecule has 1 saturated heterocycles. The maximum absolute atomic E-state index is 13.8. The summed E-state index contributed by atoms with van der Waals surface area (Å²) in [6.45, 7) is 2.44. The Morgan fingerprint density at radius 2 is 1.55 bits per heavy atom. The van der Waals surface area contributed by atoms with Crippen molar-refractivity contribution in [3.8, 4) is 0 Å². The number of amides is 2. The second kappa shape index (κ2) is 13.4. The first kappa shape index (κ1) is 27.6. The van der Waals surface area contributed by atoms with Crippen LogP contribution in [0, 0.1) is 0 Å². The highest BCUT2D eigenvalue weighted by molar-refractivity contribution is 5.98. The zero-order chi connectivity index (χ0) is 27.7. The Bertz CT molecular complexity index is 1370. The van der Waals surface area contributed by atoms with E-state index in [-0.39, 0.29) is 29.8 Å². The van der Waals surface area contributed by atoms with E-state index in [1.165, 1.54) is 11.1 Å². The molecule has 0 radical (unpaired) electrons. The van der Waals surface area contributed by atoms with Crippen LogP contribution in [-0.2, 0) is 4.79 Å². The molecule has 1 fully saturated rings. The SMILES string of the molecule is CNCCC1NC(CNC(=O)c2ccc3ccccc3c2)CCN(CC(c2ccccc2)c2ccccc2)C1=O. The van der Waals surface area contributed by atoms with E-state index in [4.69, 9.17) is 0 Å². The summed E-state index contributed by atoms with van der Waals surface area (Å²) >= 11 is 0. The number of nitrogens with one attached hydrogen (secondary N) is 3. The fourth-order valence-corrected chi connectivity index (χ4v) is 5.56. The Kier molecular flexibility index (Phi) is 9.22. The first-order chi connectivity index (χ1) is 19.6. The van der Waals surface area contributed by atoms with Gasteiger partial charge in [-0.25, -0.2) is 0 Å². The highest BCUT2D eigenvalue weighted by Crippen LogP contribution is 2.27. The fourth-order valence-electron chi connectivity index (χ4n) is 5.56.